The normalized spacial score (nSPS) is 12.2. The van der Waals surface area contributed by atoms with Crippen LogP contribution in [0.15, 0.2) is 125 Å². The van der Waals surface area contributed by atoms with Crippen LogP contribution in [0.2, 0.25) is 0 Å². The summed E-state index contributed by atoms with van der Waals surface area (Å²) in [5.41, 5.74) is 1.94. The predicted molar refractivity (Wildman–Crippen MR) is 401 cm³/mol. The molecule has 5 atom stereocenters. The quantitative estimate of drug-likeness (QED) is 0.0143. The smallest absolute Gasteiger partial charge is 0.416 e. The largest absolute Gasteiger partial charge is 0.464 e. The van der Waals surface area contributed by atoms with Crippen molar-refractivity contribution in [1.82, 2.24) is 26.6 Å². The third-order valence-electron chi connectivity index (χ3n) is 14.2. The molecule has 0 aliphatic heterocycles. The summed E-state index contributed by atoms with van der Waals surface area (Å²) < 4.78 is 77.4. The molecule has 26 heteroatoms. The number of carbonyl (C=O) groups is 10. The number of nitrogens with one attached hydrogen (secondary N) is 5. The zero-order valence-corrected chi connectivity index (χ0v) is 65.8. The lowest BCUT2D eigenvalue weighted by Gasteiger charge is -2.17. The fourth-order valence-electron chi connectivity index (χ4n) is 8.63. The van der Waals surface area contributed by atoms with Crippen molar-refractivity contribution in [2.75, 3.05) is 33.0 Å². The number of amides is 5. The first-order valence-corrected chi connectivity index (χ1v) is 37.2. The Labute approximate surface area is 629 Å². The molecule has 0 radical (unpaired) electrons. The lowest BCUT2D eigenvalue weighted by atomic mass is 10.1. The average molecular weight is 1560 g/mol. The van der Waals surface area contributed by atoms with E-state index in [4.69, 9.17) is 23.7 Å². The van der Waals surface area contributed by atoms with Gasteiger partial charge in [-0.15, -0.1) is 11.3 Å². The van der Waals surface area contributed by atoms with Crippen LogP contribution in [0.25, 0.3) is 0 Å². The second kappa shape index (κ2) is 52.4. The van der Waals surface area contributed by atoms with Crippen LogP contribution < -0.4 is 26.6 Å². The van der Waals surface area contributed by atoms with E-state index in [9.17, 15) is 65.5 Å². The van der Waals surface area contributed by atoms with Crippen LogP contribution in [0, 0.1) is 35.4 Å². The highest BCUT2D eigenvalue weighted by atomic mass is 79.9. The molecule has 5 unspecified atom stereocenters. The Morgan fingerprint density at radius 2 is 0.667 bits per heavy atom. The molecular weight excluding hydrogens is 1450 g/mol. The molecule has 105 heavy (non-hydrogen) atoms. The van der Waals surface area contributed by atoms with Gasteiger partial charge in [-0.25, -0.2) is 28.4 Å². The maximum atomic E-state index is 12.8. The third kappa shape index (κ3) is 44.1. The van der Waals surface area contributed by atoms with Crippen molar-refractivity contribution < 1.29 is 89.2 Å². The molecule has 0 bridgehead atoms. The van der Waals surface area contributed by atoms with Crippen molar-refractivity contribution in [2.24, 2.45) is 29.6 Å². The third-order valence-corrected chi connectivity index (χ3v) is 15.6. The minimum atomic E-state index is -4.46. The lowest BCUT2D eigenvalue weighted by molar-refractivity contribution is -0.149. The van der Waals surface area contributed by atoms with Crippen molar-refractivity contribution in [3.05, 3.63) is 164 Å². The topological polar surface area (TPSA) is 277 Å². The van der Waals surface area contributed by atoms with Gasteiger partial charge in [0.05, 0.1) is 70.7 Å². The zero-order chi connectivity index (χ0) is 79.2. The molecule has 0 saturated heterocycles. The SMILES string of the molecule is CCC(NC(=O)Cc1ccc(F)cc1)C(=O)OCC(C)C.CCC(NC(=O)Cc1cccc(Br)c1)C(=O)OCC(C)C.CCC(NC(=O)Cc1cccc(C(F)(F)F)c1)C(=O)OCC(C)C.CCC(NC(=O)Cc1ccccc1)C(=O)OCC(C)C.CCC(NC(=O)Cc1cccs1)C(=O)OCC(C)C. The lowest BCUT2D eigenvalue weighted by Crippen LogP contribution is -2.42. The molecule has 5 amide bonds. The van der Waals surface area contributed by atoms with Gasteiger partial charge >= 0.3 is 36.0 Å². The van der Waals surface area contributed by atoms with Crippen molar-refractivity contribution in [3.63, 3.8) is 0 Å². The first-order valence-electron chi connectivity index (χ1n) is 35.5. The van der Waals surface area contributed by atoms with Gasteiger partial charge in [0.1, 0.15) is 36.0 Å². The number of rotatable bonds is 35. The molecule has 1 aromatic heterocycles. The summed E-state index contributed by atoms with van der Waals surface area (Å²) in [4.78, 5) is 120. The van der Waals surface area contributed by atoms with E-state index in [1.54, 1.807) is 26.0 Å². The molecule has 20 nitrogen and oxygen atoms in total. The number of hydrogen-bond donors (Lipinski definition) is 5. The molecule has 5 rings (SSSR count). The monoisotopic (exact) mass is 1560 g/mol. The number of alkyl halides is 3. The zero-order valence-electron chi connectivity index (χ0n) is 63.3. The van der Waals surface area contributed by atoms with Crippen molar-refractivity contribution in [3.8, 4) is 0 Å². The van der Waals surface area contributed by atoms with Gasteiger partial charge in [0, 0.05) is 9.35 Å². The Kier molecular flexibility index (Phi) is 47.2. The van der Waals surface area contributed by atoms with Crippen LogP contribution >= 0.6 is 27.3 Å². The van der Waals surface area contributed by atoms with Gasteiger partial charge in [0.25, 0.3) is 0 Å². The van der Waals surface area contributed by atoms with Crippen LogP contribution in [0.5, 0.6) is 0 Å². The molecule has 0 spiro atoms. The van der Waals surface area contributed by atoms with E-state index in [1.165, 1.54) is 35.6 Å². The number of esters is 5. The number of hydrogen-bond acceptors (Lipinski definition) is 16. The number of halogens is 5. The molecule has 5 N–H and O–H groups in total. The highest BCUT2D eigenvalue weighted by molar-refractivity contribution is 9.10. The Hall–Kier alpha value is -8.52. The van der Waals surface area contributed by atoms with E-state index in [-0.39, 0.29) is 109 Å². The highest BCUT2D eigenvalue weighted by Crippen LogP contribution is 2.30. The van der Waals surface area contributed by atoms with E-state index in [0.717, 1.165) is 32.6 Å². The maximum Gasteiger partial charge on any atom is 0.416 e. The summed E-state index contributed by atoms with van der Waals surface area (Å²) >= 11 is 4.90. The molecule has 5 aromatic rings. The standard InChI is InChI=1S/C17H22F3NO3.C16H22BrNO3.C16H22FNO3.C16H23NO3.C14H21NO3S/c1-4-14(16(23)24-10-11(2)3)21-15(22)9-12-6-5-7-13(8-12)17(18,19)20;1-4-14(16(20)21-10-11(2)3)18-15(19)9-12-6-5-7-13(17)8-12;1-4-14(16(20)21-10-11(2)3)18-15(19)9-12-5-7-13(17)8-6-12;1-4-14(16(19)20-11-12(2)3)17-15(18)10-13-8-6-5-7-9-13;1-4-12(14(17)18-9-10(2)3)15-13(16)8-11-6-5-7-19-11/h5-8,11,14H,4,9-10H2,1-3H3,(H,21,22);2*5-8,11,14H,4,9-10H2,1-3H3,(H,18,19);5-9,12,14H,4,10-11H2,1-3H3,(H,17,18);5-7,10,12H,4,8-9H2,1-3H3,(H,15,16). The van der Waals surface area contributed by atoms with E-state index < -0.39 is 59.8 Å². The second-order valence-electron chi connectivity index (χ2n) is 26.7. The van der Waals surface area contributed by atoms with E-state index >= 15 is 0 Å². The molecule has 0 saturated carbocycles. The van der Waals surface area contributed by atoms with Crippen molar-refractivity contribution >= 4 is 86.6 Å². The fourth-order valence-corrected chi connectivity index (χ4v) is 9.78. The number of ether oxygens (including phenoxy) is 5. The van der Waals surface area contributed by atoms with Gasteiger partial charge in [-0.2, -0.15) is 13.2 Å². The van der Waals surface area contributed by atoms with E-state index in [0.29, 0.717) is 76.4 Å². The van der Waals surface area contributed by atoms with Crippen LogP contribution in [-0.4, -0.2) is 123 Å². The van der Waals surface area contributed by atoms with Gasteiger partial charge in [-0.05, 0) is 126 Å². The highest BCUT2D eigenvalue weighted by Gasteiger charge is 2.31. The Morgan fingerprint density at radius 1 is 0.371 bits per heavy atom. The first-order chi connectivity index (χ1) is 49.5. The number of benzene rings is 4. The second-order valence-corrected chi connectivity index (χ2v) is 28.6. The van der Waals surface area contributed by atoms with Crippen molar-refractivity contribution in [2.45, 2.75) is 204 Å². The number of thiophene rings is 1. The predicted octanol–water partition coefficient (Wildman–Crippen LogP) is 13.6. The van der Waals surface area contributed by atoms with Crippen LogP contribution in [0.4, 0.5) is 17.6 Å². The van der Waals surface area contributed by atoms with Crippen LogP contribution in [0.1, 0.15) is 169 Å². The summed E-state index contributed by atoms with van der Waals surface area (Å²) in [6.07, 6.45) is -1.39. The molecule has 4 aromatic carbocycles. The van der Waals surface area contributed by atoms with E-state index in [2.05, 4.69) is 42.5 Å². The minimum absolute atomic E-state index is 0.105. The molecular formula is C79H110BrF4N5O15S. The average Bonchev–Trinajstić information content (AvgIpc) is 1.28. The Balaban J connectivity index is 0.000000658. The van der Waals surface area contributed by atoms with Crippen LogP contribution in [0.3, 0.4) is 0 Å². The number of carbonyl (C=O) groups excluding carboxylic acids is 10. The summed E-state index contributed by atoms with van der Waals surface area (Å²) in [7, 11) is 0. The Morgan fingerprint density at radius 3 is 0.962 bits per heavy atom. The van der Waals surface area contributed by atoms with E-state index in [1.807, 2.05) is 162 Å². The molecule has 0 aliphatic carbocycles. The minimum Gasteiger partial charge on any atom is -0.464 e. The Bertz CT molecular complexity index is 3390. The van der Waals surface area contributed by atoms with Crippen molar-refractivity contribution in [1.29, 1.82) is 0 Å². The van der Waals surface area contributed by atoms with Crippen LogP contribution in [-0.2, 0) is 110 Å². The molecule has 582 valence electrons. The molecule has 0 aliphatic rings. The maximum absolute atomic E-state index is 12.8. The summed E-state index contributed by atoms with van der Waals surface area (Å²) in [6.45, 7) is 30.3. The first kappa shape index (κ1) is 94.5. The van der Waals surface area contributed by atoms with Gasteiger partial charge in [0.15, 0.2) is 0 Å². The van der Waals surface area contributed by atoms with Gasteiger partial charge in [-0.3, -0.25) is 24.0 Å². The van der Waals surface area contributed by atoms with Gasteiger partial charge in [-0.1, -0.05) is 199 Å². The summed E-state index contributed by atoms with van der Waals surface area (Å²) in [6, 6.07) is 27.9. The summed E-state index contributed by atoms with van der Waals surface area (Å²) in [5.74, 6) is -2.38. The van der Waals surface area contributed by atoms with Gasteiger partial charge in [0.2, 0.25) is 29.5 Å². The molecule has 1 heterocycles. The molecule has 0 fully saturated rings. The fraction of sp³-hybridized carbons (Fsp3) is 0.519. The summed E-state index contributed by atoms with van der Waals surface area (Å²) in [5, 5.41) is 15.3. The van der Waals surface area contributed by atoms with Gasteiger partial charge < -0.3 is 50.3 Å².